The molecule has 166 valence electrons. The number of aryl methyl sites for hydroxylation is 2. The molecule has 1 N–H and O–H groups in total. The maximum absolute atomic E-state index is 13.5. The summed E-state index contributed by atoms with van der Waals surface area (Å²) in [5.74, 6) is -0.219. The normalized spacial score (nSPS) is 19.7. The van der Waals surface area contributed by atoms with Crippen LogP contribution >= 0.6 is 0 Å². The van der Waals surface area contributed by atoms with Gasteiger partial charge in [-0.15, -0.1) is 0 Å². The molecule has 1 fully saturated rings. The van der Waals surface area contributed by atoms with Crippen molar-refractivity contribution in [1.82, 2.24) is 9.62 Å². The molecule has 2 aromatic carbocycles. The first-order valence-electron chi connectivity index (χ1n) is 11.4. The van der Waals surface area contributed by atoms with Crippen LogP contribution in [0, 0.1) is 6.92 Å². The van der Waals surface area contributed by atoms with Gasteiger partial charge >= 0.3 is 0 Å². The summed E-state index contributed by atoms with van der Waals surface area (Å²) >= 11 is 0. The summed E-state index contributed by atoms with van der Waals surface area (Å²) in [4.78, 5) is 13.4. The highest BCUT2D eigenvalue weighted by molar-refractivity contribution is 7.89. The number of nitrogens with one attached hydrogen (secondary N) is 1. The van der Waals surface area contributed by atoms with Crippen molar-refractivity contribution in [3.8, 4) is 0 Å². The Hall–Kier alpha value is -2.18. The van der Waals surface area contributed by atoms with Gasteiger partial charge in [-0.3, -0.25) is 4.79 Å². The first-order chi connectivity index (χ1) is 14.9. The molecule has 1 saturated carbocycles. The molecule has 2 aliphatic carbocycles. The standard InChI is InChI=1S/C25H32N2O3S/c1-19-14-16-22(17-15-19)31(29,30)27(21-10-3-2-4-11-21)18-25(28)26-24-13-7-9-20-8-5-6-12-23(20)24/h5-6,8,12,14-17,21,24H,2-4,7,9-11,13,18H2,1H3,(H,26,28). The molecule has 2 aromatic rings. The lowest BCUT2D eigenvalue weighted by Crippen LogP contribution is -2.47. The molecule has 4 rings (SSSR count). The number of nitrogens with zero attached hydrogens (tertiary/aromatic N) is 1. The van der Waals surface area contributed by atoms with E-state index in [-0.39, 0.29) is 29.4 Å². The molecule has 0 radical (unpaired) electrons. The van der Waals surface area contributed by atoms with E-state index in [0.29, 0.717) is 0 Å². The van der Waals surface area contributed by atoms with Gasteiger partial charge in [-0.2, -0.15) is 4.31 Å². The van der Waals surface area contributed by atoms with Gasteiger partial charge in [0.2, 0.25) is 15.9 Å². The first kappa shape index (κ1) is 22.0. The van der Waals surface area contributed by atoms with E-state index in [0.717, 1.165) is 62.5 Å². The van der Waals surface area contributed by atoms with Gasteiger partial charge in [0, 0.05) is 6.04 Å². The van der Waals surface area contributed by atoms with Crippen LogP contribution in [0.1, 0.15) is 67.7 Å². The summed E-state index contributed by atoms with van der Waals surface area (Å²) in [5.41, 5.74) is 3.44. The number of benzene rings is 2. The Balaban J connectivity index is 1.55. The second-order valence-electron chi connectivity index (χ2n) is 8.87. The van der Waals surface area contributed by atoms with E-state index in [1.54, 1.807) is 12.1 Å². The van der Waals surface area contributed by atoms with Gasteiger partial charge in [-0.1, -0.05) is 61.2 Å². The zero-order valence-electron chi connectivity index (χ0n) is 18.2. The molecule has 0 heterocycles. The quantitative estimate of drug-likeness (QED) is 0.719. The van der Waals surface area contributed by atoms with Crippen molar-refractivity contribution in [2.75, 3.05) is 6.54 Å². The van der Waals surface area contributed by atoms with Gasteiger partial charge in [0.1, 0.15) is 0 Å². The lowest BCUT2D eigenvalue weighted by molar-refractivity contribution is -0.122. The maximum atomic E-state index is 13.5. The minimum Gasteiger partial charge on any atom is -0.348 e. The lowest BCUT2D eigenvalue weighted by Gasteiger charge is -2.34. The van der Waals surface area contributed by atoms with Crippen LogP contribution in [0.5, 0.6) is 0 Å². The van der Waals surface area contributed by atoms with E-state index in [9.17, 15) is 13.2 Å². The van der Waals surface area contributed by atoms with Gasteiger partial charge < -0.3 is 5.32 Å². The van der Waals surface area contributed by atoms with E-state index < -0.39 is 10.0 Å². The predicted octanol–water partition coefficient (Wildman–Crippen LogP) is 4.51. The Bertz CT molecular complexity index is 1010. The van der Waals surface area contributed by atoms with E-state index in [2.05, 4.69) is 17.4 Å². The van der Waals surface area contributed by atoms with Crippen molar-refractivity contribution >= 4 is 15.9 Å². The molecule has 1 amide bonds. The summed E-state index contributed by atoms with van der Waals surface area (Å²) in [6.07, 6.45) is 7.69. The van der Waals surface area contributed by atoms with Gasteiger partial charge in [0.15, 0.2) is 0 Å². The van der Waals surface area contributed by atoms with Gasteiger partial charge in [-0.05, 0) is 62.3 Å². The number of hydrogen-bond acceptors (Lipinski definition) is 3. The SMILES string of the molecule is Cc1ccc(S(=O)(=O)N(CC(=O)NC2CCCc3ccccc32)C2CCCCC2)cc1. The van der Waals surface area contributed by atoms with Gasteiger partial charge in [-0.25, -0.2) is 8.42 Å². The molecule has 0 aliphatic heterocycles. The van der Waals surface area contributed by atoms with Crippen molar-refractivity contribution < 1.29 is 13.2 Å². The highest BCUT2D eigenvalue weighted by atomic mass is 32.2. The number of amides is 1. The highest BCUT2D eigenvalue weighted by Gasteiger charge is 2.34. The number of hydrogen-bond donors (Lipinski definition) is 1. The summed E-state index contributed by atoms with van der Waals surface area (Å²) < 4.78 is 28.5. The molecule has 0 spiro atoms. The third-order valence-electron chi connectivity index (χ3n) is 6.61. The van der Waals surface area contributed by atoms with Crippen LogP contribution < -0.4 is 5.32 Å². The fourth-order valence-corrected chi connectivity index (χ4v) is 6.55. The predicted molar refractivity (Wildman–Crippen MR) is 122 cm³/mol. The zero-order valence-corrected chi connectivity index (χ0v) is 19.0. The van der Waals surface area contributed by atoms with Crippen LogP contribution in [-0.2, 0) is 21.2 Å². The van der Waals surface area contributed by atoms with Crippen molar-refractivity contribution in [2.45, 2.75) is 75.3 Å². The Kier molecular flexibility index (Phi) is 6.77. The minimum absolute atomic E-state index is 0.0484. The minimum atomic E-state index is -3.74. The summed E-state index contributed by atoms with van der Waals surface area (Å²) in [5, 5.41) is 3.13. The molecule has 1 unspecified atom stereocenters. The average Bonchev–Trinajstić information content (AvgIpc) is 2.78. The van der Waals surface area contributed by atoms with Crippen LogP contribution in [0.15, 0.2) is 53.4 Å². The van der Waals surface area contributed by atoms with Crippen molar-refractivity contribution in [2.24, 2.45) is 0 Å². The van der Waals surface area contributed by atoms with Crippen LogP contribution in [0.2, 0.25) is 0 Å². The molecule has 0 saturated heterocycles. The second kappa shape index (κ2) is 9.53. The Labute approximate surface area is 185 Å². The largest absolute Gasteiger partial charge is 0.348 e. The summed E-state index contributed by atoms with van der Waals surface area (Å²) in [6.45, 7) is 1.81. The Morgan fingerprint density at radius 2 is 1.68 bits per heavy atom. The van der Waals surface area contributed by atoms with Crippen LogP contribution in [0.3, 0.4) is 0 Å². The maximum Gasteiger partial charge on any atom is 0.243 e. The molecule has 2 aliphatic rings. The summed E-state index contributed by atoms with van der Waals surface area (Å²) in [7, 11) is -3.74. The smallest absolute Gasteiger partial charge is 0.243 e. The lowest BCUT2D eigenvalue weighted by atomic mass is 9.88. The first-order valence-corrected chi connectivity index (χ1v) is 12.8. The third kappa shape index (κ3) is 5.01. The van der Waals surface area contributed by atoms with E-state index in [1.807, 2.05) is 31.2 Å². The van der Waals surface area contributed by atoms with Gasteiger partial charge in [0.25, 0.3) is 0 Å². The Morgan fingerprint density at radius 1 is 0.968 bits per heavy atom. The molecule has 5 nitrogen and oxygen atoms in total. The molecule has 0 aromatic heterocycles. The highest BCUT2D eigenvalue weighted by Crippen LogP contribution is 2.31. The monoisotopic (exact) mass is 440 g/mol. The van der Waals surface area contributed by atoms with Crippen LogP contribution in [0.25, 0.3) is 0 Å². The third-order valence-corrected chi connectivity index (χ3v) is 8.53. The number of rotatable bonds is 6. The van der Waals surface area contributed by atoms with Crippen LogP contribution in [0.4, 0.5) is 0 Å². The second-order valence-corrected chi connectivity index (χ2v) is 10.8. The molecule has 1 atom stereocenters. The number of carbonyl (C=O) groups excluding carboxylic acids is 1. The molecular formula is C25H32N2O3S. The molecular weight excluding hydrogens is 408 g/mol. The number of fused-ring (bicyclic) bond motifs is 1. The van der Waals surface area contributed by atoms with E-state index >= 15 is 0 Å². The number of sulfonamides is 1. The van der Waals surface area contributed by atoms with Crippen molar-refractivity contribution in [3.05, 3.63) is 65.2 Å². The molecule has 6 heteroatoms. The van der Waals surface area contributed by atoms with Crippen LogP contribution in [-0.4, -0.2) is 31.2 Å². The van der Waals surface area contributed by atoms with E-state index in [1.165, 1.54) is 9.87 Å². The molecule has 31 heavy (non-hydrogen) atoms. The topological polar surface area (TPSA) is 66.5 Å². The fourth-order valence-electron chi connectivity index (χ4n) is 4.91. The fraction of sp³-hybridized carbons (Fsp3) is 0.480. The van der Waals surface area contributed by atoms with Gasteiger partial charge in [0.05, 0.1) is 17.5 Å². The van der Waals surface area contributed by atoms with E-state index in [4.69, 9.17) is 0 Å². The Morgan fingerprint density at radius 3 is 2.42 bits per heavy atom. The van der Waals surface area contributed by atoms with Crippen molar-refractivity contribution in [3.63, 3.8) is 0 Å². The summed E-state index contributed by atoms with van der Waals surface area (Å²) in [6, 6.07) is 15.0. The number of carbonyl (C=O) groups is 1. The molecule has 0 bridgehead atoms. The average molecular weight is 441 g/mol. The zero-order chi connectivity index (χ0) is 21.8. The van der Waals surface area contributed by atoms with Crippen molar-refractivity contribution in [1.29, 1.82) is 0 Å².